The van der Waals surface area contributed by atoms with E-state index in [1.165, 1.54) is 12.1 Å². The maximum absolute atomic E-state index is 13.4. The van der Waals surface area contributed by atoms with E-state index in [4.69, 9.17) is 0 Å². The van der Waals surface area contributed by atoms with Crippen molar-refractivity contribution in [2.45, 2.75) is 12.5 Å². The number of nitrogens with one attached hydrogen (secondary N) is 1. The molecule has 6 nitrogen and oxygen atoms in total. The molecule has 3 aromatic heterocycles. The van der Waals surface area contributed by atoms with Crippen LogP contribution in [0.1, 0.15) is 23.0 Å². The SMILES string of the molecule is O=C(c1cc2cc(F)ccc2[nH]1)N1CC[C@@H](n2cnc3cccnc32)C1. The largest absolute Gasteiger partial charge is 0.351 e. The molecule has 0 radical (unpaired) electrons. The molecule has 0 bridgehead atoms. The summed E-state index contributed by atoms with van der Waals surface area (Å²) < 4.78 is 15.4. The van der Waals surface area contributed by atoms with Crippen LogP contribution in [-0.2, 0) is 0 Å². The van der Waals surface area contributed by atoms with Gasteiger partial charge in [-0.3, -0.25) is 4.79 Å². The molecule has 1 aromatic carbocycles. The van der Waals surface area contributed by atoms with Crippen molar-refractivity contribution in [2.24, 2.45) is 0 Å². The van der Waals surface area contributed by atoms with Gasteiger partial charge in [0.25, 0.3) is 5.91 Å². The highest BCUT2D eigenvalue weighted by Crippen LogP contribution is 2.26. The highest BCUT2D eigenvalue weighted by atomic mass is 19.1. The number of amides is 1. The quantitative estimate of drug-likeness (QED) is 0.605. The zero-order valence-corrected chi connectivity index (χ0v) is 13.9. The molecule has 1 atom stereocenters. The van der Waals surface area contributed by atoms with E-state index in [1.54, 1.807) is 24.7 Å². The smallest absolute Gasteiger partial charge is 0.270 e. The number of nitrogens with zero attached hydrogens (tertiary/aromatic N) is 4. The van der Waals surface area contributed by atoms with Crippen LogP contribution in [0.25, 0.3) is 22.1 Å². The minimum absolute atomic E-state index is 0.0681. The summed E-state index contributed by atoms with van der Waals surface area (Å²) in [6, 6.07) is 10.1. The molecule has 1 fully saturated rings. The predicted octanol–water partition coefficient (Wildman–Crippen LogP) is 3.14. The number of aromatic nitrogens is 4. The summed E-state index contributed by atoms with van der Waals surface area (Å²) in [4.78, 5) is 26.5. The summed E-state index contributed by atoms with van der Waals surface area (Å²) >= 11 is 0. The summed E-state index contributed by atoms with van der Waals surface area (Å²) in [7, 11) is 0. The molecule has 0 saturated carbocycles. The number of aromatic amines is 1. The second kappa shape index (κ2) is 5.66. The van der Waals surface area contributed by atoms with Gasteiger partial charge in [-0.15, -0.1) is 0 Å². The van der Waals surface area contributed by atoms with Gasteiger partial charge in [0, 0.05) is 30.2 Å². The summed E-state index contributed by atoms with van der Waals surface area (Å²) in [6.45, 7) is 1.27. The average molecular weight is 349 g/mol. The third kappa shape index (κ3) is 2.35. The summed E-state index contributed by atoms with van der Waals surface area (Å²) in [5.41, 5.74) is 2.94. The summed E-state index contributed by atoms with van der Waals surface area (Å²) in [5.74, 6) is -0.377. The number of carbonyl (C=O) groups is 1. The number of rotatable bonds is 2. The Bertz CT molecular complexity index is 1130. The minimum Gasteiger partial charge on any atom is -0.351 e. The number of fused-ring (bicyclic) bond motifs is 2. The Hall–Kier alpha value is -3.22. The molecule has 1 aliphatic heterocycles. The number of hydrogen-bond donors (Lipinski definition) is 1. The molecular weight excluding hydrogens is 333 g/mol. The zero-order valence-electron chi connectivity index (χ0n) is 13.9. The molecule has 7 heteroatoms. The van der Waals surface area contributed by atoms with E-state index in [2.05, 4.69) is 15.0 Å². The van der Waals surface area contributed by atoms with Crippen molar-refractivity contribution in [1.29, 1.82) is 0 Å². The van der Waals surface area contributed by atoms with Gasteiger partial charge in [0.1, 0.15) is 17.0 Å². The van der Waals surface area contributed by atoms with Crippen LogP contribution in [0.2, 0.25) is 0 Å². The second-order valence-electron chi connectivity index (χ2n) is 6.61. The third-order valence-electron chi connectivity index (χ3n) is 4.99. The van der Waals surface area contributed by atoms with E-state index in [9.17, 15) is 9.18 Å². The van der Waals surface area contributed by atoms with Crippen molar-refractivity contribution in [3.63, 3.8) is 0 Å². The topological polar surface area (TPSA) is 66.8 Å². The number of hydrogen-bond acceptors (Lipinski definition) is 3. The number of imidazole rings is 1. The Morgan fingerprint density at radius 1 is 1.23 bits per heavy atom. The molecule has 0 aliphatic carbocycles. The van der Waals surface area contributed by atoms with Crippen molar-refractivity contribution in [3.05, 3.63) is 60.4 Å². The van der Waals surface area contributed by atoms with Crippen LogP contribution in [-0.4, -0.2) is 43.4 Å². The average Bonchev–Trinajstić information content (AvgIpc) is 3.37. The molecule has 26 heavy (non-hydrogen) atoms. The Labute approximate surface area is 148 Å². The fraction of sp³-hybridized carbons (Fsp3) is 0.211. The van der Waals surface area contributed by atoms with Gasteiger partial charge >= 0.3 is 0 Å². The van der Waals surface area contributed by atoms with Gasteiger partial charge in [0.05, 0.1) is 12.4 Å². The van der Waals surface area contributed by atoms with Crippen LogP contribution in [0, 0.1) is 5.82 Å². The lowest BCUT2D eigenvalue weighted by Gasteiger charge is -2.16. The van der Waals surface area contributed by atoms with Gasteiger partial charge in [-0.2, -0.15) is 0 Å². The van der Waals surface area contributed by atoms with Gasteiger partial charge in [-0.25, -0.2) is 14.4 Å². The first kappa shape index (κ1) is 15.1. The molecule has 1 saturated heterocycles. The van der Waals surface area contributed by atoms with Crippen LogP contribution in [0.15, 0.2) is 48.9 Å². The Kier molecular flexibility index (Phi) is 3.28. The summed E-state index contributed by atoms with van der Waals surface area (Å²) in [5, 5.41) is 0.703. The lowest BCUT2D eigenvalue weighted by Crippen LogP contribution is -2.29. The first-order valence-corrected chi connectivity index (χ1v) is 8.54. The van der Waals surface area contributed by atoms with E-state index in [0.29, 0.717) is 24.2 Å². The van der Waals surface area contributed by atoms with Crippen LogP contribution in [0.4, 0.5) is 4.39 Å². The minimum atomic E-state index is -0.309. The highest BCUT2D eigenvalue weighted by molar-refractivity contribution is 5.98. The Morgan fingerprint density at radius 3 is 3.08 bits per heavy atom. The maximum atomic E-state index is 13.4. The molecule has 130 valence electrons. The lowest BCUT2D eigenvalue weighted by atomic mass is 10.2. The second-order valence-corrected chi connectivity index (χ2v) is 6.61. The number of halogens is 1. The Morgan fingerprint density at radius 2 is 2.15 bits per heavy atom. The van der Waals surface area contributed by atoms with E-state index in [-0.39, 0.29) is 17.8 Å². The first-order chi connectivity index (χ1) is 12.7. The standard InChI is InChI=1S/C19H16FN5O/c20-13-3-4-15-12(8-13)9-17(23-15)19(26)24-7-5-14(10-24)25-11-22-16-2-1-6-21-18(16)25/h1-4,6,8-9,11,14,23H,5,7,10H2/t14-/m1/s1. The first-order valence-electron chi connectivity index (χ1n) is 8.54. The van der Waals surface area contributed by atoms with Crippen molar-refractivity contribution < 1.29 is 9.18 Å². The van der Waals surface area contributed by atoms with E-state index in [1.807, 2.05) is 21.6 Å². The monoisotopic (exact) mass is 349 g/mol. The maximum Gasteiger partial charge on any atom is 0.270 e. The molecule has 1 N–H and O–H groups in total. The van der Waals surface area contributed by atoms with Gasteiger partial charge < -0.3 is 14.5 Å². The summed E-state index contributed by atoms with van der Waals surface area (Å²) in [6.07, 6.45) is 4.40. The van der Waals surface area contributed by atoms with Crippen molar-refractivity contribution in [2.75, 3.05) is 13.1 Å². The predicted molar refractivity (Wildman–Crippen MR) is 95.3 cm³/mol. The number of H-pyrrole nitrogens is 1. The normalized spacial score (nSPS) is 17.4. The van der Waals surface area contributed by atoms with E-state index >= 15 is 0 Å². The number of likely N-dealkylation sites (tertiary alicyclic amines) is 1. The molecule has 4 heterocycles. The van der Waals surface area contributed by atoms with Gasteiger partial charge in [-0.05, 0) is 42.8 Å². The van der Waals surface area contributed by atoms with Gasteiger partial charge in [-0.1, -0.05) is 0 Å². The van der Waals surface area contributed by atoms with Crippen molar-refractivity contribution in [3.8, 4) is 0 Å². The van der Waals surface area contributed by atoms with Crippen molar-refractivity contribution in [1.82, 2.24) is 24.4 Å². The molecule has 4 aromatic rings. The van der Waals surface area contributed by atoms with E-state index < -0.39 is 0 Å². The van der Waals surface area contributed by atoms with Crippen molar-refractivity contribution >= 4 is 28.0 Å². The number of benzene rings is 1. The fourth-order valence-corrected chi connectivity index (χ4v) is 3.68. The highest BCUT2D eigenvalue weighted by Gasteiger charge is 2.29. The number of pyridine rings is 1. The molecule has 1 amide bonds. The molecule has 1 aliphatic rings. The molecular formula is C19H16FN5O. The van der Waals surface area contributed by atoms with Crippen LogP contribution in [0.3, 0.4) is 0 Å². The molecule has 0 spiro atoms. The molecule has 5 rings (SSSR count). The number of carbonyl (C=O) groups excluding carboxylic acids is 1. The Balaban J connectivity index is 1.40. The van der Waals surface area contributed by atoms with Gasteiger partial charge in [0.2, 0.25) is 0 Å². The van der Waals surface area contributed by atoms with E-state index in [0.717, 1.165) is 23.1 Å². The van der Waals surface area contributed by atoms with Crippen LogP contribution < -0.4 is 0 Å². The third-order valence-corrected chi connectivity index (χ3v) is 4.99. The lowest BCUT2D eigenvalue weighted by molar-refractivity contribution is 0.0783. The fourth-order valence-electron chi connectivity index (χ4n) is 3.68. The van der Waals surface area contributed by atoms with Crippen LogP contribution in [0.5, 0.6) is 0 Å². The molecule has 0 unspecified atom stereocenters. The van der Waals surface area contributed by atoms with Gasteiger partial charge in [0.15, 0.2) is 5.65 Å². The van der Waals surface area contributed by atoms with Crippen LogP contribution >= 0.6 is 0 Å². The zero-order chi connectivity index (χ0) is 17.7.